The molecule has 0 saturated heterocycles. The average Bonchev–Trinajstić information content (AvgIpc) is 2.25. The van der Waals surface area contributed by atoms with Crippen LogP contribution in [0.4, 0.5) is 0 Å². The van der Waals surface area contributed by atoms with Crippen LogP contribution in [0.3, 0.4) is 0 Å². The van der Waals surface area contributed by atoms with E-state index in [2.05, 4.69) is 26.1 Å². The molecule has 0 aromatic heterocycles. The zero-order valence-corrected chi connectivity index (χ0v) is 10.9. The predicted molar refractivity (Wildman–Crippen MR) is 68.1 cm³/mol. The summed E-state index contributed by atoms with van der Waals surface area (Å²) in [7, 11) is 0. The molecular formula is C11H24N2OS. The minimum Gasteiger partial charge on any atom is -0.353 e. The van der Waals surface area contributed by atoms with E-state index in [9.17, 15) is 4.79 Å². The second-order valence-corrected chi connectivity index (χ2v) is 4.97. The van der Waals surface area contributed by atoms with Gasteiger partial charge in [-0.15, -0.1) is 0 Å². The summed E-state index contributed by atoms with van der Waals surface area (Å²) in [6.45, 7) is 6.99. The van der Waals surface area contributed by atoms with Gasteiger partial charge in [-0.05, 0) is 31.1 Å². The summed E-state index contributed by atoms with van der Waals surface area (Å²) >= 11 is 1.66. The smallest absolute Gasteiger partial charge is 0.230 e. The van der Waals surface area contributed by atoms with E-state index in [1.54, 1.807) is 11.8 Å². The Morgan fingerprint density at radius 1 is 1.40 bits per heavy atom. The molecule has 0 heterocycles. The molecule has 0 bridgehead atoms. The van der Waals surface area contributed by atoms with Crippen molar-refractivity contribution in [2.45, 2.75) is 39.7 Å². The second-order valence-electron chi connectivity index (χ2n) is 3.94. The number of carbonyl (C=O) groups is 1. The van der Waals surface area contributed by atoms with Gasteiger partial charge >= 0.3 is 0 Å². The topological polar surface area (TPSA) is 55.1 Å². The maximum Gasteiger partial charge on any atom is 0.230 e. The molecule has 0 aliphatic rings. The van der Waals surface area contributed by atoms with Gasteiger partial charge in [0.05, 0.1) is 5.75 Å². The van der Waals surface area contributed by atoms with Crippen LogP contribution in [0, 0.1) is 5.92 Å². The number of hydrogen-bond acceptors (Lipinski definition) is 3. The molecule has 1 atom stereocenters. The normalized spacial score (nSPS) is 12.9. The first-order chi connectivity index (χ1) is 7.13. The van der Waals surface area contributed by atoms with Crippen molar-refractivity contribution < 1.29 is 4.79 Å². The van der Waals surface area contributed by atoms with Gasteiger partial charge in [-0.2, -0.15) is 11.8 Å². The summed E-state index contributed by atoms with van der Waals surface area (Å²) in [4.78, 5) is 11.5. The summed E-state index contributed by atoms with van der Waals surface area (Å²) in [6, 6.07) is 0.338. The van der Waals surface area contributed by atoms with Gasteiger partial charge in [0.2, 0.25) is 5.91 Å². The van der Waals surface area contributed by atoms with Gasteiger partial charge in [0, 0.05) is 6.04 Å². The van der Waals surface area contributed by atoms with Crippen molar-refractivity contribution in [1.82, 2.24) is 5.32 Å². The Morgan fingerprint density at radius 3 is 2.47 bits per heavy atom. The van der Waals surface area contributed by atoms with E-state index in [1.807, 2.05) is 0 Å². The van der Waals surface area contributed by atoms with Crippen LogP contribution in [0.15, 0.2) is 0 Å². The van der Waals surface area contributed by atoms with E-state index in [1.165, 1.54) is 0 Å². The number of hydrogen-bond donors (Lipinski definition) is 2. The summed E-state index contributed by atoms with van der Waals surface area (Å²) in [5.41, 5.74) is 5.50. The lowest BCUT2D eigenvalue weighted by Gasteiger charge is -2.14. The van der Waals surface area contributed by atoms with Crippen molar-refractivity contribution >= 4 is 17.7 Å². The van der Waals surface area contributed by atoms with Crippen LogP contribution in [-0.2, 0) is 4.79 Å². The largest absolute Gasteiger partial charge is 0.353 e. The predicted octanol–water partition coefficient (Wildman–Crippen LogP) is 1.62. The molecule has 0 rings (SSSR count). The molecule has 15 heavy (non-hydrogen) atoms. The van der Waals surface area contributed by atoms with Crippen LogP contribution < -0.4 is 11.1 Å². The molecule has 1 unspecified atom stereocenters. The molecule has 90 valence electrons. The van der Waals surface area contributed by atoms with Gasteiger partial charge < -0.3 is 11.1 Å². The highest BCUT2D eigenvalue weighted by molar-refractivity contribution is 7.99. The first-order valence-corrected chi connectivity index (χ1v) is 6.86. The van der Waals surface area contributed by atoms with Gasteiger partial charge in [0.25, 0.3) is 0 Å². The maximum absolute atomic E-state index is 11.5. The molecule has 1 amide bonds. The molecule has 4 heteroatoms. The fraction of sp³-hybridized carbons (Fsp3) is 0.909. The van der Waals surface area contributed by atoms with Crippen molar-refractivity contribution in [3.63, 3.8) is 0 Å². The van der Waals surface area contributed by atoms with Crippen molar-refractivity contribution in [3.8, 4) is 0 Å². The van der Waals surface area contributed by atoms with Crippen LogP contribution >= 0.6 is 11.8 Å². The number of rotatable bonds is 8. The van der Waals surface area contributed by atoms with Crippen molar-refractivity contribution in [2.24, 2.45) is 11.7 Å². The highest BCUT2D eigenvalue weighted by Crippen LogP contribution is 2.07. The number of nitrogens with one attached hydrogen (secondary N) is 1. The zero-order valence-electron chi connectivity index (χ0n) is 10.1. The summed E-state index contributed by atoms with van der Waals surface area (Å²) in [5.74, 6) is 2.17. The molecular weight excluding hydrogens is 208 g/mol. The van der Waals surface area contributed by atoms with E-state index >= 15 is 0 Å². The van der Waals surface area contributed by atoms with Gasteiger partial charge in [0.1, 0.15) is 0 Å². The molecule has 3 N–H and O–H groups in total. The fourth-order valence-electron chi connectivity index (χ4n) is 1.18. The molecule has 0 saturated carbocycles. The monoisotopic (exact) mass is 232 g/mol. The van der Waals surface area contributed by atoms with Gasteiger partial charge in [-0.25, -0.2) is 0 Å². The Bertz CT molecular complexity index is 172. The average molecular weight is 232 g/mol. The summed E-state index contributed by atoms with van der Waals surface area (Å²) in [5, 5.41) is 3.02. The van der Waals surface area contributed by atoms with Crippen molar-refractivity contribution in [1.29, 1.82) is 0 Å². The van der Waals surface area contributed by atoms with Crippen molar-refractivity contribution in [3.05, 3.63) is 0 Å². The van der Waals surface area contributed by atoms with Crippen LogP contribution in [0.25, 0.3) is 0 Å². The van der Waals surface area contributed by atoms with E-state index in [0.29, 0.717) is 24.3 Å². The Hall–Kier alpha value is -0.220. The third kappa shape index (κ3) is 7.68. The lowest BCUT2D eigenvalue weighted by Crippen LogP contribution is -2.35. The van der Waals surface area contributed by atoms with Crippen LogP contribution in [0.1, 0.15) is 33.6 Å². The van der Waals surface area contributed by atoms with Crippen LogP contribution in [0.5, 0.6) is 0 Å². The quantitative estimate of drug-likeness (QED) is 0.668. The highest BCUT2D eigenvalue weighted by atomic mass is 32.2. The molecule has 0 aromatic rings. The first kappa shape index (κ1) is 14.8. The third-order valence-electron chi connectivity index (χ3n) is 2.39. The third-order valence-corrected chi connectivity index (χ3v) is 3.66. The van der Waals surface area contributed by atoms with Gasteiger partial charge in [-0.3, -0.25) is 4.79 Å². The lowest BCUT2D eigenvalue weighted by atomic mass is 10.2. The Balaban J connectivity index is 3.56. The summed E-state index contributed by atoms with van der Waals surface area (Å²) in [6.07, 6.45) is 2.01. The molecule has 0 fully saturated rings. The van der Waals surface area contributed by atoms with Crippen LogP contribution in [0.2, 0.25) is 0 Å². The molecule has 0 spiro atoms. The number of nitrogens with two attached hydrogens (primary N) is 1. The van der Waals surface area contributed by atoms with E-state index < -0.39 is 0 Å². The molecule has 0 aliphatic heterocycles. The first-order valence-electron chi connectivity index (χ1n) is 5.71. The van der Waals surface area contributed by atoms with E-state index in [4.69, 9.17) is 5.73 Å². The number of carbonyl (C=O) groups excluding carboxylic acids is 1. The second kappa shape index (κ2) is 9.04. The Kier molecular flexibility index (Phi) is 8.91. The fourth-order valence-corrected chi connectivity index (χ4v) is 2.11. The van der Waals surface area contributed by atoms with Gasteiger partial charge in [-0.1, -0.05) is 20.8 Å². The highest BCUT2D eigenvalue weighted by Gasteiger charge is 2.08. The Morgan fingerprint density at radius 2 is 2.00 bits per heavy atom. The number of thioether (sulfide) groups is 1. The van der Waals surface area contributed by atoms with Crippen molar-refractivity contribution in [2.75, 3.05) is 18.1 Å². The summed E-state index contributed by atoms with van der Waals surface area (Å²) < 4.78 is 0. The molecule has 0 aliphatic carbocycles. The van der Waals surface area contributed by atoms with E-state index in [0.717, 1.165) is 18.6 Å². The number of amides is 1. The van der Waals surface area contributed by atoms with Crippen LogP contribution in [-0.4, -0.2) is 30.0 Å². The lowest BCUT2D eigenvalue weighted by molar-refractivity contribution is -0.119. The molecule has 3 nitrogen and oxygen atoms in total. The molecule has 0 aromatic carbocycles. The van der Waals surface area contributed by atoms with E-state index in [-0.39, 0.29) is 5.91 Å². The maximum atomic E-state index is 11.5. The Labute approximate surface area is 97.6 Å². The molecule has 0 radical (unpaired) electrons. The van der Waals surface area contributed by atoms with Gasteiger partial charge in [0.15, 0.2) is 0 Å². The minimum atomic E-state index is 0.151. The zero-order chi connectivity index (χ0) is 11.7. The SMILES string of the molecule is CCC(CC)NC(=O)CSCC(C)CN. The minimum absolute atomic E-state index is 0.151. The standard InChI is InChI=1S/C11H24N2OS/c1-4-10(5-2)13-11(14)8-15-7-9(3)6-12/h9-10H,4-8,12H2,1-3H3,(H,13,14).